The van der Waals surface area contributed by atoms with Crippen molar-refractivity contribution in [2.24, 2.45) is 0 Å². The van der Waals surface area contributed by atoms with Gasteiger partial charge in [0.2, 0.25) is 0 Å². The smallest absolute Gasteiger partial charge is 0.344 e. The molecule has 1 aliphatic rings. The van der Waals surface area contributed by atoms with E-state index < -0.39 is 5.97 Å². The fourth-order valence-corrected chi connectivity index (χ4v) is 1.83. The third-order valence-electron chi connectivity index (χ3n) is 2.91. The van der Waals surface area contributed by atoms with Crippen molar-refractivity contribution in [2.45, 2.75) is 12.5 Å². The second-order valence-corrected chi connectivity index (χ2v) is 4.05. The third kappa shape index (κ3) is 2.76. The Bertz CT molecular complexity index is 515. The van der Waals surface area contributed by atoms with Crippen LogP contribution in [0.3, 0.4) is 0 Å². The highest BCUT2D eigenvalue weighted by atomic mass is 16.5. The minimum atomic E-state index is -0.668. The standard InChI is InChI=1S/C14H14O5/c1-17-10-5-3-9(4-6-10)13-7-12(15)11(8-19-13)14(16)18-2/h3-6,8,13H,7H2,1-2H3/t13-/m1/s1. The van der Waals surface area contributed by atoms with E-state index in [1.807, 2.05) is 12.1 Å². The highest BCUT2D eigenvalue weighted by Gasteiger charge is 2.29. The molecule has 1 atom stereocenters. The van der Waals surface area contributed by atoms with Crippen LogP contribution in [0.2, 0.25) is 0 Å². The Hall–Kier alpha value is -2.30. The van der Waals surface area contributed by atoms with E-state index in [2.05, 4.69) is 4.74 Å². The van der Waals surface area contributed by atoms with Crippen LogP contribution in [-0.4, -0.2) is 26.0 Å². The highest BCUT2D eigenvalue weighted by molar-refractivity contribution is 6.17. The number of rotatable bonds is 3. The normalized spacial score (nSPS) is 18.3. The monoisotopic (exact) mass is 262 g/mol. The molecule has 0 N–H and O–H groups in total. The van der Waals surface area contributed by atoms with Crippen molar-refractivity contribution in [3.63, 3.8) is 0 Å². The van der Waals surface area contributed by atoms with Crippen LogP contribution in [-0.2, 0) is 19.1 Å². The van der Waals surface area contributed by atoms with Crippen LogP contribution in [0.15, 0.2) is 36.1 Å². The van der Waals surface area contributed by atoms with Crippen molar-refractivity contribution < 1.29 is 23.8 Å². The fourth-order valence-electron chi connectivity index (χ4n) is 1.83. The van der Waals surface area contributed by atoms with Gasteiger partial charge in [-0.3, -0.25) is 4.79 Å². The number of esters is 1. The summed E-state index contributed by atoms with van der Waals surface area (Å²) in [6.07, 6.45) is 0.909. The zero-order chi connectivity index (χ0) is 13.8. The molecule has 100 valence electrons. The highest BCUT2D eigenvalue weighted by Crippen LogP contribution is 2.29. The summed E-state index contributed by atoms with van der Waals surface area (Å²) in [5.41, 5.74) is 0.807. The molecule has 0 fully saturated rings. The van der Waals surface area contributed by atoms with E-state index in [-0.39, 0.29) is 23.9 Å². The van der Waals surface area contributed by atoms with Gasteiger partial charge in [0.15, 0.2) is 5.78 Å². The number of ether oxygens (including phenoxy) is 3. The summed E-state index contributed by atoms with van der Waals surface area (Å²) in [5.74, 6) is -0.214. The van der Waals surface area contributed by atoms with Gasteiger partial charge in [0.1, 0.15) is 23.7 Å². The predicted molar refractivity (Wildman–Crippen MR) is 66.5 cm³/mol. The van der Waals surface area contributed by atoms with Crippen molar-refractivity contribution in [3.05, 3.63) is 41.7 Å². The molecule has 0 saturated carbocycles. The summed E-state index contributed by atoms with van der Waals surface area (Å²) in [4.78, 5) is 23.1. The van der Waals surface area contributed by atoms with Crippen LogP contribution in [0.5, 0.6) is 5.75 Å². The molecule has 19 heavy (non-hydrogen) atoms. The Morgan fingerprint density at radius 1 is 1.26 bits per heavy atom. The van der Waals surface area contributed by atoms with E-state index in [0.717, 1.165) is 11.3 Å². The molecule has 5 nitrogen and oxygen atoms in total. The van der Waals surface area contributed by atoms with Crippen molar-refractivity contribution >= 4 is 11.8 Å². The maximum absolute atomic E-state index is 11.8. The summed E-state index contributed by atoms with van der Waals surface area (Å²) in [5, 5.41) is 0. The molecule has 1 aromatic carbocycles. The second-order valence-electron chi connectivity index (χ2n) is 4.05. The molecule has 0 bridgehead atoms. The van der Waals surface area contributed by atoms with Crippen molar-refractivity contribution in [1.82, 2.24) is 0 Å². The van der Waals surface area contributed by atoms with Gasteiger partial charge in [0, 0.05) is 0 Å². The number of ketones is 1. The summed E-state index contributed by atoms with van der Waals surface area (Å²) in [6, 6.07) is 7.24. The molecular weight excluding hydrogens is 248 g/mol. The Balaban J connectivity index is 2.14. The molecule has 0 radical (unpaired) electrons. The van der Waals surface area contributed by atoms with E-state index in [4.69, 9.17) is 9.47 Å². The van der Waals surface area contributed by atoms with Gasteiger partial charge in [-0.1, -0.05) is 12.1 Å². The van der Waals surface area contributed by atoms with E-state index in [0.29, 0.717) is 0 Å². The van der Waals surface area contributed by atoms with Crippen molar-refractivity contribution in [2.75, 3.05) is 14.2 Å². The molecule has 0 unspecified atom stereocenters. The van der Waals surface area contributed by atoms with Gasteiger partial charge in [-0.05, 0) is 17.7 Å². The minimum absolute atomic E-state index is 0.0488. The van der Waals surface area contributed by atoms with Gasteiger partial charge in [-0.25, -0.2) is 4.79 Å². The fraction of sp³-hybridized carbons (Fsp3) is 0.286. The van der Waals surface area contributed by atoms with Crippen molar-refractivity contribution in [1.29, 1.82) is 0 Å². The molecule has 5 heteroatoms. The Kier molecular flexibility index (Phi) is 3.85. The molecular formula is C14H14O5. The number of carbonyl (C=O) groups is 2. The minimum Gasteiger partial charge on any atom is -0.497 e. The predicted octanol–water partition coefficient (Wildman–Crippen LogP) is 1.78. The van der Waals surface area contributed by atoms with Crippen molar-refractivity contribution in [3.8, 4) is 5.75 Å². The SMILES string of the molecule is COC(=O)C1=CO[C@@H](c2ccc(OC)cc2)CC1=O. The lowest BCUT2D eigenvalue weighted by atomic mass is 9.98. The molecule has 1 heterocycles. The molecule has 0 spiro atoms. The van der Waals surface area contributed by atoms with Crippen LogP contribution in [0, 0.1) is 0 Å². The first kappa shape index (κ1) is 13.1. The van der Waals surface area contributed by atoms with E-state index in [1.54, 1.807) is 19.2 Å². The summed E-state index contributed by atoms with van der Waals surface area (Å²) < 4.78 is 15.0. The van der Waals surface area contributed by atoms with Gasteiger partial charge < -0.3 is 14.2 Å². The van der Waals surface area contributed by atoms with Crippen LogP contribution < -0.4 is 4.74 Å². The first-order valence-corrected chi connectivity index (χ1v) is 5.76. The molecule has 0 aromatic heterocycles. The Morgan fingerprint density at radius 2 is 1.95 bits per heavy atom. The summed E-state index contributed by atoms with van der Waals surface area (Å²) in [6.45, 7) is 0. The molecule has 0 aliphatic carbocycles. The maximum Gasteiger partial charge on any atom is 0.344 e. The molecule has 1 aliphatic heterocycles. The lowest BCUT2D eigenvalue weighted by Crippen LogP contribution is -2.22. The number of carbonyl (C=O) groups excluding carboxylic acids is 2. The largest absolute Gasteiger partial charge is 0.497 e. The third-order valence-corrected chi connectivity index (χ3v) is 2.91. The van der Waals surface area contributed by atoms with E-state index in [9.17, 15) is 9.59 Å². The average Bonchev–Trinajstić information content (AvgIpc) is 2.46. The van der Waals surface area contributed by atoms with Crippen LogP contribution in [0.4, 0.5) is 0 Å². The molecule has 2 rings (SSSR count). The lowest BCUT2D eigenvalue weighted by molar-refractivity contribution is -0.139. The summed E-state index contributed by atoms with van der Waals surface area (Å²) in [7, 11) is 2.81. The zero-order valence-electron chi connectivity index (χ0n) is 10.7. The van der Waals surface area contributed by atoms with E-state index >= 15 is 0 Å². The van der Waals surface area contributed by atoms with Crippen LogP contribution >= 0.6 is 0 Å². The van der Waals surface area contributed by atoms with Gasteiger partial charge in [0.25, 0.3) is 0 Å². The van der Waals surface area contributed by atoms with Gasteiger partial charge >= 0.3 is 5.97 Å². The van der Waals surface area contributed by atoms with Crippen LogP contribution in [0.25, 0.3) is 0 Å². The van der Waals surface area contributed by atoms with Crippen LogP contribution in [0.1, 0.15) is 18.1 Å². The van der Waals surface area contributed by atoms with Gasteiger partial charge in [-0.2, -0.15) is 0 Å². The van der Waals surface area contributed by atoms with E-state index in [1.165, 1.54) is 13.4 Å². The zero-order valence-corrected chi connectivity index (χ0v) is 10.7. The average molecular weight is 262 g/mol. The first-order chi connectivity index (χ1) is 9.15. The number of hydrogen-bond donors (Lipinski definition) is 0. The topological polar surface area (TPSA) is 61.8 Å². The van der Waals surface area contributed by atoms with Gasteiger partial charge in [0.05, 0.1) is 20.6 Å². The Labute approximate surface area is 110 Å². The maximum atomic E-state index is 11.8. The Morgan fingerprint density at radius 3 is 2.47 bits per heavy atom. The number of hydrogen-bond acceptors (Lipinski definition) is 5. The quantitative estimate of drug-likeness (QED) is 0.613. The number of Topliss-reactive ketones (excluding diaryl/α,β-unsaturated/α-hetero) is 1. The molecule has 1 aromatic rings. The lowest BCUT2D eigenvalue weighted by Gasteiger charge is -2.21. The van der Waals surface area contributed by atoms with Gasteiger partial charge in [-0.15, -0.1) is 0 Å². The first-order valence-electron chi connectivity index (χ1n) is 5.76. The molecule has 0 amide bonds. The number of methoxy groups -OCH3 is 2. The second kappa shape index (κ2) is 5.56. The summed E-state index contributed by atoms with van der Waals surface area (Å²) >= 11 is 0. The number of benzene rings is 1. The molecule has 0 saturated heterocycles.